The molecular weight excluding hydrogens is 442 g/mol. The van der Waals surface area contributed by atoms with Gasteiger partial charge in [-0.2, -0.15) is 5.10 Å². The summed E-state index contributed by atoms with van der Waals surface area (Å²) in [5.74, 6) is 0.566. The second-order valence-corrected chi connectivity index (χ2v) is 12.1. The van der Waals surface area contributed by atoms with Crippen molar-refractivity contribution in [3.8, 4) is 5.75 Å². The minimum Gasteiger partial charge on any atom is -0.487 e. The van der Waals surface area contributed by atoms with Gasteiger partial charge >= 0.3 is 6.09 Å². The molecule has 0 spiro atoms. The monoisotopic (exact) mass is 473 g/mol. The van der Waals surface area contributed by atoms with Crippen molar-refractivity contribution < 1.29 is 22.7 Å². The quantitative estimate of drug-likeness (QED) is 0.536. The average molecular weight is 474 g/mol. The van der Waals surface area contributed by atoms with Crippen molar-refractivity contribution in [3.05, 3.63) is 47.3 Å². The van der Waals surface area contributed by atoms with E-state index in [9.17, 15) is 13.2 Å². The van der Waals surface area contributed by atoms with Gasteiger partial charge in [0.15, 0.2) is 15.5 Å². The van der Waals surface area contributed by atoms with Gasteiger partial charge in [-0.05, 0) is 62.9 Å². The summed E-state index contributed by atoms with van der Waals surface area (Å²) < 4.78 is 37.2. The SMILES string of the molecule is Cc1cc(OCc2nn(C(=O)OC(C)(C)C)c3ncccc23)c(C(C)(C)C)cc1S(C)(=O)=O. The molecule has 0 amide bonds. The Morgan fingerprint density at radius 2 is 1.79 bits per heavy atom. The van der Waals surface area contributed by atoms with Gasteiger partial charge in [-0.1, -0.05) is 20.8 Å². The summed E-state index contributed by atoms with van der Waals surface area (Å²) in [5, 5.41) is 5.09. The number of aryl methyl sites for hydroxylation is 1. The molecule has 178 valence electrons. The third-order valence-electron chi connectivity index (χ3n) is 4.93. The maximum absolute atomic E-state index is 12.7. The van der Waals surface area contributed by atoms with E-state index in [1.165, 1.54) is 6.26 Å². The molecule has 0 N–H and O–H groups in total. The van der Waals surface area contributed by atoms with Gasteiger partial charge in [0.1, 0.15) is 23.7 Å². The molecule has 0 saturated carbocycles. The van der Waals surface area contributed by atoms with Crippen molar-refractivity contribution in [3.63, 3.8) is 0 Å². The molecule has 3 aromatic rings. The van der Waals surface area contributed by atoms with Crippen LogP contribution in [0, 0.1) is 6.92 Å². The molecule has 2 aromatic heterocycles. The van der Waals surface area contributed by atoms with Crippen molar-refractivity contribution in [1.82, 2.24) is 14.8 Å². The summed E-state index contributed by atoms with van der Waals surface area (Å²) in [4.78, 5) is 17.2. The molecule has 0 saturated heterocycles. The summed E-state index contributed by atoms with van der Waals surface area (Å²) in [6.07, 6.45) is 2.16. The zero-order chi connectivity index (χ0) is 24.8. The summed E-state index contributed by atoms with van der Waals surface area (Å²) >= 11 is 0. The van der Waals surface area contributed by atoms with Crippen molar-refractivity contribution in [2.75, 3.05) is 6.26 Å². The van der Waals surface area contributed by atoms with Crippen molar-refractivity contribution >= 4 is 27.0 Å². The van der Waals surface area contributed by atoms with Crippen LogP contribution >= 0.6 is 0 Å². The van der Waals surface area contributed by atoms with Crippen LogP contribution in [-0.2, 0) is 26.6 Å². The molecule has 8 nitrogen and oxygen atoms in total. The summed E-state index contributed by atoms with van der Waals surface area (Å²) in [6.45, 7) is 13.1. The van der Waals surface area contributed by atoms with Gasteiger partial charge in [-0.25, -0.2) is 18.2 Å². The van der Waals surface area contributed by atoms with E-state index in [1.54, 1.807) is 52.1 Å². The molecule has 0 bridgehead atoms. The predicted octanol–water partition coefficient (Wildman–Crippen LogP) is 4.80. The smallest absolute Gasteiger partial charge is 0.437 e. The Morgan fingerprint density at radius 3 is 2.36 bits per heavy atom. The number of fused-ring (bicyclic) bond motifs is 1. The molecule has 2 heterocycles. The Labute approximate surface area is 194 Å². The van der Waals surface area contributed by atoms with Crippen LogP contribution in [0.2, 0.25) is 0 Å². The van der Waals surface area contributed by atoms with E-state index in [2.05, 4.69) is 10.1 Å². The molecule has 0 aliphatic heterocycles. The molecule has 9 heteroatoms. The van der Waals surface area contributed by atoms with Crippen LogP contribution in [0.1, 0.15) is 58.4 Å². The van der Waals surface area contributed by atoms with Crippen LogP contribution in [0.4, 0.5) is 4.79 Å². The van der Waals surface area contributed by atoms with Gasteiger partial charge in [-0.3, -0.25) is 0 Å². The molecular formula is C24H31N3O5S. The Balaban J connectivity index is 2.02. The Kier molecular flexibility index (Phi) is 6.32. The minimum absolute atomic E-state index is 0.0682. The lowest BCUT2D eigenvalue weighted by atomic mass is 9.86. The lowest BCUT2D eigenvalue weighted by Gasteiger charge is -2.24. The number of hydrogen-bond donors (Lipinski definition) is 0. The fraction of sp³-hybridized carbons (Fsp3) is 0.458. The lowest BCUT2D eigenvalue weighted by Crippen LogP contribution is -2.28. The van der Waals surface area contributed by atoms with Crippen molar-refractivity contribution in [2.45, 2.75) is 71.0 Å². The highest BCUT2D eigenvalue weighted by Gasteiger charge is 2.26. The van der Waals surface area contributed by atoms with Crippen LogP contribution in [-0.4, -0.2) is 41.1 Å². The second kappa shape index (κ2) is 8.44. The maximum Gasteiger partial charge on any atom is 0.437 e. The standard InChI is InChI=1S/C24H31N3O5S/c1-15-12-19(17(23(2,3)4)13-20(15)33(8,29)30)31-14-18-16-10-9-11-25-21(16)27(26-18)22(28)32-24(5,6)7/h9-13H,14H2,1-8H3. The van der Waals surface area contributed by atoms with Gasteiger partial charge in [0.05, 0.1) is 4.90 Å². The number of carbonyl (C=O) groups excluding carboxylic acids is 1. The first-order valence-electron chi connectivity index (χ1n) is 10.6. The lowest BCUT2D eigenvalue weighted by molar-refractivity contribution is 0.0520. The predicted molar refractivity (Wildman–Crippen MR) is 126 cm³/mol. The minimum atomic E-state index is -3.38. The number of aromatic nitrogens is 3. The normalized spacial score (nSPS) is 12.7. The molecule has 0 aliphatic rings. The van der Waals surface area contributed by atoms with Gasteiger partial charge in [0, 0.05) is 23.4 Å². The third kappa shape index (κ3) is 5.52. The molecule has 0 radical (unpaired) electrons. The first-order valence-corrected chi connectivity index (χ1v) is 12.5. The first-order chi connectivity index (χ1) is 15.1. The number of benzene rings is 1. The fourth-order valence-corrected chi connectivity index (χ4v) is 4.44. The summed E-state index contributed by atoms with van der Waals surface area (Å²) in [7, 11) is -3.38. The van der Waals surface area contributed by atoms with E-state index in [-0.39, 0.29) is 16.9 Å². The van der Waals surface area contributed by atoms with Crippen molar-refractivity contribution in [2.24, 2.45) is 0 Å². The second-order valence-electron chi connectivity index (χ2n) is 10.1. The zero-order valence-electron chi connectivity index (χ0n) is 20.4. The van der Waals surface area contributed by atoms with E-state index in [4.69, 9.17) is 9.47 Å². The van der Waals surface area contributed by atoms with E-state index in [0.29, 0.717) is 28.0 Å². The number of hydrogen-bond acceptors (Lipinski definition) is 7. The van der Waals surface area contributed by atoms with Gasteiger partial charge in [0.2, 0.25) is 0 Å². The molecule has 0 fully saturated rings. The average Bonchev–Trinajstić information content (AvgIpc) is 3.02. The summed E-state index contributed by atoms with van der Waals surface area (Å²) in [6, 6.07) is 7.00. The number of carbonyl (C=O) groups is 1. The van der Waals surface area contributed by atoms with Crippen LogP contribution in [0.15, 0.2) is 35.4 Å². The Bertz CT molecular complexity index is 1310. The molecule has 1 aromatic carbocycles. The van der Waals surface area contributed by atoms with Crippen LogP contribution in [0.3, 0.4) is 0 Å². The highest BCUT2D eigenvalue weighted by atomic mass is 32.2. The molecule has 3 rings (SSSR count). The van der Waals surface area contributed by atoms with Crippen molar-refractivity contribution in [1.29, 1.82) is 0 Å². The number of rotatable bonds is 4. The van der Waals surface area contributed by atoms with Gasteiger partial charge < -0.3 is 9.47 Å². The van der Waals surface area contributed by atoms with Crippen LogP contribution in [0.25, 0.3) is 11.0 Å². The number of ether oxygens (including phenoxy) is 2. The highest BCUT2D eigenvalue weighted by Crippen LogP contribution is 2.36. The zero-order valence-corrected chi connectivity index (χ0v) is 21.2. The molecule has 0 unspecified atom stereocenters. The molecule has 0 aliphatic carbocycles. The van der Waals surface area contributed by atoms with Crippen LogP contribution < -0.4 is 4.74 Å². The first kappa shape index (κ1) is 24.7. The third-order valence-corrected chi connectivity index (χ3v) is 6.17. The van der Waals surface area contributed by atoms with E-state index in [0.717, 1.165) is 10.2 Å². The van der Waals surface area contributed by atoms with Gasteiger partial charge in [-0.15, -0.1) is 4.68 Å². The summed E-state index contributed by atoms with van der Waals surface area (Å²) in [5.41, 5.74) is 1.23. The highest BCUT2D eigenvalue weighted by molar-refractivity contribution is 7.90. The van der Waals surface area contributed by atoms with Gasteiger partial charge in [0.25, 0.3) is 0 Å². The number of nitrogens with zero attached hydrogens (tertiary/aromatic N) is 3. The Morgan fingerprint density at radius 1 is 1.12 bits per heavy atom. The number of sulfone groups is 1. The van der Waals surface area contributed by atoms with E-state index in [1.807, 2.05) is 26.8 Å². The maximum atomic E-state index is 12.7. The van der Waals surface area contributed by atoms with E-state index >= 15 is 0 Å². The molecule has 33 heavy (non-hydrogen) atoms. The van der Waals surface area contributed by atoms with Crippen LogP contribution in [0.5, 0.6) is 5.75 Å². The largest absolute Gasteiger partial charge is 0.487 e. The Hall–Kier alpha value is -2.94. The number of pyridine rings is 1. The molecule has 0 atom stereocenters. The fourth-order valence-electron chi connectivity index (χ4n) is 3.46. The topological polar surface area (TPSA) is 100 Å². The van der Waals surface area contributed by atoms with E-state index < -0.39 is 21.5 Å².